The molecule has 0 spiro atoms. The Hall–Kier alpha value is -1.55. The number of amides is 2. The molecular weight excluding hydrogens is 516 g/mol. The third kappa shape index (κ3) is 5.08. The molecule has 0 saturated carbocycles. The molecule has 1 aromatic heterocycles. The predicted molar refractivity (Wildman–Crippen MR) is 107 cm³/mol. The Morgan fingerprint density at radius 2 is 1.82 bits per heavy atom. The predicted octanol–water partition coefficient (Wildman–Crippen LogP) is 0.473. The number of anilines is 1. The van der Waals surface area contributed by atoms with Crippen LogP contribution in [0.1, 0.15) is 16.2 Å². The summed E-state index contributed by atoms with van der Waals surface area (Å²) in [6.45, 7) is 1.45. The Morgan fingerprint density at radius 1 is 1.18 bits per heavy atom. The molecule has 14 heteroatoms. The number of benzene rings is 1. The monoisotopic (exact) mass is 530 g/mol. The molecule has 145 valence electrons. The Bertz CT molecular complexity index is 1020. The second-order valence-electron chi connectivity index (χ2n) is 4.91. The van der Waals surface area contributed by atoms with Gasteiger partial charge in [0.15, 0.2) is 0 Å². The number of nitrogens with two attached hydrogens (primary N) is 1. The average Bonchev–Trinajstić information content (AvgIpc) is 2.59. The maximum absolute atomic E-state index is 13.2. The van der Waals surface area contributed by atoms with E-state index in [4.69, 9.17) is 10.5 Å². The van der Waals surface area contributed by atoms with Crippen LogP contribution in [0.25, 0.3) is 0 Å². The van der Waals surface area contributed by atoms with E-state index in [1.165, 1.54) is 32.2 Å². The molecule has 1 heterocycles. The van der Waals surface area contributed by atoms with E-state index in [2.05, 4.69) is 19.7 Å². The molecule has 2 aromatic rings. The topological polar surface area (TPSA) is 155 Å². The van der Waals surface area contributed by atoms with Crippen molar-refractivity contribution in [3.63, 3.8) is 0 Å². The van der Waals surface area contributed by atoms with Crippen LogP contribution in [0.5, 0.6) is 6.01 Å². The summed E-state index contributed by atoms with van der Waals surface area (Å²) in [5, 5.41) is 0. The number of carbonyl (C=O) groups excluding carboxylic acids is 2. The van der Waals surface area contributed by atoms with Crippen molar-refractivity contribution in [2.24, 2.45) is 5.73 Å². The van der Waals surface area contributed by atoms with Gasteiger partial charge in [-0.2, -0.15) is 15.0 Å². The summed E-state index contributed by atoms with van der Waals surface area (Å²) in [4.78, 5) is 34.9. The SMILES string of the molecule is COC(=O)c1ccc(I)cc1S(=O)(=O)N(C(N)=O)c1nc(C)nc(OC)n1.[Na]. The zero-order valence-corrected chi connectivity index (χ0v) is 20.3. The summed E-state index contributed by atoms with van der Waals surface area (Å²) < 4.78 is 36.4. The molecule has 0 atom stereocenters. The molecule has 0 aliphatic rings. The minimum atomic E-state index is -4.66. The number of nitrogens with zero attached hydrogens (tertiary/aromatic N) is 4. The summed E-state index contributed by atoms with van der Waals surface area (Å²) in [5.74, 6) is -1.38. The normalized spacial score (nSPS) is 10.6. The fourth-order valence-electron chi connectivity index (χ4n) is 2.04. The van der Waals surface area contributed by atoms with Gasteiger partial charge < -0.3 is 15.2 Å². The van der Waals surface area contributed by atoms with Gasteiger partial charge in [0.2, 0.25) is 0 Å². The van der Waals surface area contributed by atoms with Crippen molar-refractivity contribution in [3.8, 4) is 6.01 Å². The molecule has 1 aromatic carbocycles. The summed E-state index contributed by atoms with van der Waals surface area (Å²) in [7, 11) is -2.30. The number of hydrogen-bond donors (Lipinski definition) is 1. The number of carbonyl (C=O) groups is 2. The molecule has 1 radical (unpaired) electrons. The van der Waals surface area contributed by atoms with E-state index in [1.807, 2.05) is 22.6 Å². The Morgan fingerprint density at radius 3 is 2.36 bits per heavy atom. The fourth-order valence-corrected chi connectivity index (χ4v) is 4.17. The standard InChI is InChI=1S/C14H14IN5O6S.Na/c1-7-17-13(19-14(18-7)26-3)20(12(16)22)27(23,24)10-6-8(15)4-5-9(10)11(21)25-2;/h4-6H,1-3H3,(H2,16,22);. The maximum Gasteiger partial charge on any atom is 0.339 e. The Labute approximate surface area is 196 Å². The fraction of sp³-hybridized carbons (Fsp3) is 0.214. The quantitative estimate of drug-likeness (QED) is 0.330. The van der Waals surface area contributed by atoms with Crippen LogP contribution in [0.2, 0.25) is 0 Å². The number of esters is 1. The number of aromatic nitrogens is 3. The van der Waals surface area contributed by atoms with Gasteiger partial charge in [0.05, 0.1) is 19.8 Å². The van der Waals surface area contributed by atoms with E-state index < -0.39 is 32.9 Å². The van der Waals surface area contributed by atoms with Gasteiger partial charge in [0.1, 0.15) is 10.7 Å². The van der Waals surface area contributed by atoms with E-state index in [0.29, 0.717) is 3.57 Å². The van der Waals surface area contributed by atoms with Crippen molar-refractivity contribution in [2.45, 2.75) is 11.8 Å². The number of ether oxygens (including phenoxy) is 2. The first kappa shape index (κ1) is 24.5. The van der Waals surface area contributed by atoms with Gasteiger partial charge in [-0.05, 0) is 47.7 Å². The number of halogens is 1. The van der Waals surface area contributed by atoms with Crippen LogP contribution in [-0.2, 0) is 14.8 Å². The average molecular weight is 530 g/mol. The van der Waals surface area contributed by atoms with Crippen molar-refractivity contribution in [1.29, 1.82) is 0 Å². The first-order valence-electron chi connectivity index (χ1n) is 7.11. The van der Waals surface area contributed by atoms with Gasteiger partial charge >= 0.3 is 18.0 Å². The molecule has 0 aliphatic carbocycles. The molecule has 0 bridgehead atoms. The van der Waals surface area contributed by atoms with Gasteiger partial charge in [-0.25, -0.2) is 18.0 Å². The summed E-state index contributed by atoms with van der Waals surface area (Å²) in [5.41, 5.74) is 5.00. The number of hydrogen-bond acceptors (Lipinski definition) is 9. The van der Waals surface area contributed by atoms with E-state index >= 15 is 0 Å². The van der Waals surface area contributed by atoms with Gasteiger partial charge in [0.25, 0.3) is 16.0 Å². The molecule has 28 heavy (non-hydrogen) atoms. The number of primary amides is 1. The van der Waals surface area contributed by atoms with Crippen molar-refractivity contribution < 1.29 is 27.5 Å². The van der Waals surface area contributed by atoms with Crippen molar-refractivity contribution in [1.82, 2.24) is 15.0 Å². The van der Waals surface area contributed by atoms with Crippen LogP contribution in [0, 0.1) is 10.5 Å². The van der Waals surface area contributed by atoms with Crippen molar-refractivity contribution in [3.05, 3.63) is 33.2 Å². The zero-order chi connectivity index (χ0) is 20.4. The number of rotatable bonds is 5. The molecule has 2 amide bonds. The van der Waals surface area contributed by atoms with Crippen LogP contribution >= 0.6 is 22.6 Å². The first-order valence-corrected chi connectivity index (χ1v) is 9.63. The molecule has 0 aliphatic heterocycles. The van der Waals surface area contributed by atoms with Gasteiger partial charge in [0, 0.05) is 33.1 Å². The third-order valence-electron chi connectivity index (χ3n) is 3.15. The molecule has 11 nitrogen and oxygen atoms in total. The number of methoxy groups -OCH3 is 2. The molecule has 0 fully saturated rings. The van der Waals surface area contributed by atoms with Crippen LogP contribution in [0.15, 0.2) is 23.1 Å². The maximum atomic E-state index is 13.2. The molecule has 0 unspecified atom stereocenters. The van der Waals surface area contributed by atoms with Crippen molar-refractivity contribution in [2.75, 3.05) is 18.5 Å². The largest absolute Gasteiger partial charge is 0.467 e. The van der Waals surface area contributed by atoms with E-state index in [-0.39, 0.29) is 51.3 Å². The van der Waals surface area contributed by atoms with Crippen LogP contribution in [0.4, 0.5) is 10.7 Å². The van der Waals surface area contributed by atoms with Crippen molar-refractivity contribution >= 4 is 80.1 Å². The van der Waals surface area contributed by atoms with Gasteiger partial charge in [-0.3, -0.25) is 0 Å². The smallest absolute Gasteiger partial charge is 0.339 e. The van der Waals surface area contributed by atoms with E-state index in [1.54, 1.807) is 0 Å². The van der Waals surface area contributed by atoms with Gasteiger partial charge in [-0.15, -0.1) is 4.31 Å². The molecule has 2 N–H and O–H groups in total. The number of sulfonamides is 1. The Kier molecular flexibility index (Phi) is 8.55. The second kappa shape index (κ2) is 9.78. The van der Waals surface area contributed by atoms with Gasteiger partial charge in [-0.1, -0.05) is 0 Å². The van der Waals surface area contributed by atoms with E-state index in [9.17, 15) is 18.0 Å². The van der Waals surface area contributed by atoms with Crippen LogP contribution in [-0.4, -0.2) is 79.1 Å². The van der Waals surface area contributed by atoms with Crippen LogP contribution < -0.4 is 14.8 Å². The summed E-state index contributed by atoms with van der Waals surface area (Å²) >= 11 is 1.86. The minimum Gasteiger partial charge on any atom is -0.467 e. The Balaban J connectivity index is 0.00000392. The zero-order valence-electron chi connectivity index (χ0n) is 15.3. The summed E-state index contributed by atoms with van der Waals surface area (Å²) in [6, 6.07) is 2.38. The van der Waals surface area contributed by atoms with Crippen LogP contribution in [0.3, 0.4) is 0 Å². The number of aryl methyl sites for hydroxylation is 1. The first-order chi connectivity index (χ1) is 12.6. The second-order valence-corrected chi connectivity index (χ2v) is 7.91. The molecule has 2 rings (SSSR count). The summed E-state index contributed by atoms with van der Waals surface area (Å²) in [6.07, 6.45) is 0. The molecule has 0 saturated heterocycles. The minimum absolute atomic E-state index is 0. The third-order valence-corrected chi connectivity index (χ3v) is 5.54. The van der Waals surface area contributed by atoms with E-state index in [0.717, 1.165) is 7.11 Å². The number of urea groups is 1. The molecular formula is C14H14IN5NaO6S.